The van der Waals surface area contributed by atoms with Crippen molar-refractivity contribution in [3.8, 4) is 0 Å². The molecule has 1 aromatic carbocycles. The zero-order chi connectivity index (χ0) is 15.9. The minimum Gasteiger partial charge on any atom is -0.374 e. The lowest BCUT2D eigenvalue weighted by atomic mass is 10.1. The van der Waals surface area contributed by atoms with Gasteiger partial charge in [-0.1, -0.05) is 53.4 Å². The number of benzene rings is 1. The molecule has 1 atom stereocenters. The van der Waals surface area contributed by atoms with E-state index in [0.717, 1.165) is 5.56 Å². The summed E-state index contributed by atoms with van der Waals surface area (Å²) >= 11 is 2.40. The van der Waals surface area contributed by atoms with Gasteiger partial charge in [0.2, 0.25) is 11.0 Å². The number of aromatic nitrogens is 2. The fraction of sp³-hybridized carbons (Fsp3) is 0.231. The molecule has 3 amide bonds. The number of urea groups is 1. The number of nitrogens with zero attached hydrogens (tertiary/aromatic N) is 2. The first-order valence-electron chi connectivity index (χ1n) is 6.49. The summed E-state index contributed by atoms with van der Waals surface area (Å²) in [5.41, 5.74) is 6.32. The molecule has 7 nitrogen and oxygen atoms in total. The molecule has 0 radical (unpaired) electrons. The van der Waals surface area contributed by atoms with Crippen LogP contribution in [0.1, 0.15) is 17.7 Å². The van der Waals surface area contributed by atoms with E-state index < -0.39 is 17.2 Å². The molecule has 0 aliphatic carbocycles. The first-order valence-corrected chi connectivity index (χ1v) is 8.19. The van der Waals surface area contributed by atoms with Gasteiger partial charge in [0.1, 0.15) is 5.25 Å². The molecular weight excluding hydrogens is 322 g/mol. The lowest BCUT2D eigenvalue weighted by molar-refractivity contribution is -0.119. The Labute approximate surface area is 135 Å². The van der Waals surface area contributed by atoms with Gasteiger partial charge in [-0.05, 0) is 12.5 Å². The molecule has 0 aliphatic heterocycles. The lowest BCUT2D eigenvalue weighted by Crippen LogP contribution is -2.41. The van der Waals surface area contributed by atoms with Crippen LogP contribution in [0.15, 0.2) is 34.7 Å². The number of nitrogen functional groups attached to an aromatic ring is 1. The second-order valence-corrected chi connectivity index (χ2v) is 6.52. The van der Waals surface area contributed by atoms with Gasteiger partial charge in [-0.25, -0.2) is 4.79 Å². The Kier molecular flexibility index (Phi) is 5.73. The van der Waals surface area contributed by atoms with Crippen LogP contribution in [0.2, 0.25) is 0 Å². The van der Waals surface area contributed by atoms with E-state index in [1.54, 1.807) is 6.92 Å². The maximum atomic E-state index is 12.4. The Hall–Kier alpha value is -2.13. The van der Waals surface area contributed by atoms with E-state index in [9.17, 15) is 9.59 Å². The number of imide groups is 1. The summed E-state index contributed by atoms with van der Waals surface area (Å²) in [6.45, 7) is 2.21. The molecule has 2 rings (SSSR count). The highest BCUT2D eigenvalue weighted by Crippen LogP contribution is 2.37. The molecule has 1 heterocycles. The molecule has 0 aliphatic rings. The van der Waals surface area contributed by atoms with Crippen molar-refractivity contribution in [3.05, 3.63) is 35.9 Å². The van der Waals surface area contributed by atoms with Gasteiger partial charge in [0.15, 0.2) is 4.34 Å². The second-order valence-electron chi connectivity index (χ2n) is 4.16. The van der Waals surface area contributed by atoms with Crippen molar-refractivity contribution in [2.75, 3.05) is 12.3 Å². The van der Waals surface area contributed by atoms with Crippen LogP contribution >= 0.6 is 23.1 Å². The van der Waals surface area contributed by atoms with E-state index in [4.69, 9.17) is 5.73 Å². The van der Waals surface area contributed by atoms with Crippen molar-refractivity contribution < 1.29 is 9.59 Å². The SMILES string of the molecule is CCNC(=O)NC(=O)[C@@H](Sc1nnc(N)s1)c1ccccc1. The van der Waals surface area contributed by atoms with E-state index in [2.05, 4.69) is 20.8 Å². The predicted molar refractivity (Wildman–Crippen MR) is 86.6 cm³/mol. The topological polar surface area (TPSA) is 110 Å². The molecule has 2 aromatic rings. The average Bonchev–Trinajstić information content (AvgIpc) is 2.91. The fourth-order valence-electron chi connectivity index (χ4n) is 1.65. The number of rotatable bonds is 5. The maximum Gasteiger partial charge on any atom is 0.321 e. The van der Waals surface area contributed by atoms with Crippen LogP contribution in [0, 0.1) is 0 Å². The first-order chi connectivity index (χ1) is 10.6. The first kappa shape index (κ1) is 16.2. The smallest absolute Gasteiger partial charge is 0.321 e. The minimum absolute atomic E-state index is 0.332. The van der Waals surface area contributed by atoms with Crippen molar-refractivity contribution in [3.63, 3.8) is 0 Å². The summed E-state index contributed by atoms with van der Waals surface area (Å²) in [5, 5.41) is 12.2. The molecular formula is C13H15N5O2S2. The molecule has 0 saturated heterocycles. The zero-order valence-corrected chi connectivity index (χ0v) is 13.4. The highest BCUT2D eigenvalue weighted by Gasteiger charge is 2.25. The van der Waals surface area contributed by atoms with Crippen LogP contribution in [0.4, 0.5) is 9.93 Å². The van der Waals surface area contributed by atoms with Gasteiger partial charge < -0.3 is 11.1 Å². The van der Waals surface area contributed by atoms with E-state index in [1.807, 2.05) is 30.3 Å². The summed E-state index contributed by atoms with van der Waals surface area (Å²) in [6.07, 6.45) is 0. The second kappa shape index (κ2) is 7.76. The number of thioether (sulfide) groups is 1. The third-order valence-electron chi connectivity index (χ3n) is 2.56. The Morgan fingerprint density at radius 1 is 1.32 bits per heavy atom. The van der Waals surface area contributed by atoms with Gasteiger partial charge in [0, 0.05) is 6.54 Å². The number of hydrogen-bond donors (Lipinski definition) is 3. The third-order valence-corrected chi connectivity index (χ3v) is 4.65. The number of hydrogen-bond acceptors (Lipinski definition) is 7. The molecule has 1 aromatic heterocycles. The summed E-state index contributed by atoms with van der Waals surface area (Å²) in [4.78, 5) is 23.9. The highest BCUT2D eigenvalue weighted by atomic mass is 32.2. The fourth-order valence-corrected chi connectivity index (χ4v) is 3.48. The Morgan fingerprint density at radius 2 is 2.05 bits per heavy atom. The van der Waals surface area contributed by atoms with Gasteiger partial charge in [-0.15, -0.1) is 10.2 Å². The molecule has 22 heavy (non-hydrogen) atoms. The van der Waals surface area contributed by atoms with Gasteiger partial charge >= 0.3 is 6.03 Å². The van der Waals surface area contributed by atoms with Crippen LogP contribution in [0.5, 0.6) is 0 Å². The average molecular weight is 337 g/mol. The van der Waals surface area contributed by atoms with Crippen LogP contribution < -0.4 is 16.4 Å². The van der Waals surface area contributed by atoms with Gasteiger partial charge in [0.25, 0.3) is 0 Å². The molecule has 9 heteroatoms. The van der Waals surface area contributed by atoms with Crippen molar-refractivity contribution in [1.29, 1.82) is 0 Å². The van der Waals surface area contributed by atoms with Crippen molar-refractivity contribution in [1.82, 2.24) is 20.8 Å². The molecule has 0 bridgehead atoms. The van der Waals surface area contributed by atoms with Gasteiger partial charge in [0.05, 0.1) is 0 Å². The van der Waals surface area contributed by atoms with Crippen LogP contribution in [-0.4, -0.2) is 28.7 Å². The summed E-state index contributed by atoms with van der Waals surface area (Å²) in [6, 6.07) is 8.63. The third kappa shape index (κ3) is 4.43. The number of carbonyl (C=O) groups is 2. The molecule has 0 spiro atoms. The van der Waals surface area contributed by atoms with Crippen LogP contribution in [-0.2, 0) is 4.79 Å². The Balaban J connectivity index is 2.18. The number of amides is 3. The van der Waals surface area contributed by atoms with Crippen molar-refractivity contribution in [2.24, 2.45) is 0 Å². The normalized spacial score (nSPS) is 11.7. The summed E-state index contributed by atoms with van der Waals surface area (Å²) < 4.78 is 0.567. The maximum absolute atomic E-state index is 12.4. The zero-order valence-electron chi connectivity index (χ0n) is 11.8. The molecule has 0 fully saturated rings. The standard InChI is InChI=1S/C13H15N5O2S2/c1-2-15-12(20)16-10(19)9(8-6-4-3-5-7-8)21-13-18-17-11(14)22-13/h3-7,9H,2H2,1H3,(H2,14,17)(H2,15,16,19,20)/t9-/m0/s1. The largest absolute Gasteiger partial charge is 0.374 e. The number of nitrogens with two attached hydrogens (primary N) is 1. The van der Waals surface area contributed by atoms with Gasteiger partial charge in [-0.3, -0.25) is 10.1 Å². The number of carbonyl (C=O) groups excluding carboxylic acids is 2. The monoisotopic (exact) mass is 337 g/mol. The Bertz CT molecular complexity index is 647. The predicted octanol–water partition coefficient (Wildman–Crippen LogP) is 1.80. The summed E-state index contributed by atoms with van der Waals surface area (Å²) in [7, 11) is 0. The van der Waals surface area contributed by atoms with Crippen LogP contribution in [0.3, 0.4) is 0 Å². The van der Waals surface area contributed by atoms with Crippen LogP contribution in [0.25, 0.3) is 0 Å². The molecule has 0 saturated carbocycles. The summed E-state index contributed by atoms with van der Waals surface area (Å²) in [5.74, 6) is -0.420. The number of nitrogens with one attached hydrogen (secondary N) is 2. The van der Waals surface area contributed by atoms with Gasteiger partial charge in [-0.2, -0.15) is 0 Å². The molecule has 116 valence electrons. The molecule has 4 N–H and O–H groups in total. The van der Waals surface area contributed by atoms with E-state index in [1.165, 1.54) is 23.1 Å². The quantitative estimate of drug-likeness (QED) is 0.718. The minimum atomic E-state index is -0.615. The van der Waals surface area contributed by atoms with E-state index >= 15 is 0 Å². The lowest BCUT2D eigenvalue weighted by Gasteiger charge is -2.14. The van der Waals surface area contributed by atoms with Crippen molar-refractivity contribution in [2.45, 2.75) is 16.5 Å². The highest BCUT2D eigenvalue weighted by molar-refractivity contribution is 8.01. The van der Waals surface area contributed by atoms with Crippen molar-refractivity contribution >= 4 is 40.2 Å². The Morgan fingerprint density at radius 3 is 2.64 bits per heavy atom. The van der Waals surface area contributed by atoms with E-state index in [-0.39, 0.29) is 0 Å². The van der Waals surface area contributed by atoms with E-state index in [0.29, 0.717) is 16.0 Å². The molecule has 0 unspecified atom stereocenters. The number of anilines is 1.